The van der Waals surface area contributed by atoms with E-state index in [1.165, 1.54) is 5.56 Å². The molecule has 1 spiro atoms. The summed E-state index contributed by atoms with van der Waals surface area (Å²) < 4.78 is 0. The molecule has 0 saturated carbocycles. The average Bonchev–Trinajstić information content (AvgIpc) is 2.92. The van der Waals surface area contributed by atoms with Gasteiger partial charge in [-0.25, -0.2) is 0 Å². The summed E-state index contributed by atoms with van der Waals surface area (Å²) in [7, 11) is 0. The van der Waals surface area contributed by atoms with Crippen molar-refractivity contribution in [2.24, 2.45) is 0 Å². The number of carbonyl (C=O) groups excluding carboxylic acids is 1. The number of benzene rings is 2. The van der Waals surface area contributed by atoms with E-state index in [0.717, 1.165) is 37.1 Å². The molecule has 1 heterocycles. The Hall–Kier alpha value is -2.17. The predicted octanol–water partition coefficient (Wildman–Crippen LogP) is 2.82. The zero-order chi connectivity index (χ0) is 19.1. The molecule has 4 rings (SSSR count). The fourth-order valence-electron chi connectivity index (χ4n) is 4.77. The number of aliphatic hydroxyl groups is 1. The minimum absolute atomic E-state index is 0.0569. The van der Waals surface area contributed by atoms with Gasteiger partial charge in [-0.1, -0.05) is 54.6 Å². The van der Waals surface area contributed by atoms with E-state index in [0.29, 0.717) is 0 Å². The van der Waals surface area contributed by atoms with Gasteiger partial charge in [0.15, 0.2) is 0 Å². The first-order valence-electron chi connectivity index (χ1n) is 9.81. The first kappa shape index (κ1) is 18.2. The summed E-state index contributed by atoms with van der Waals surface area (Å²) >= 11 is 0. The lowest BCUT2D eigenvalue weighted by Gasteiger charge is -2.39. The Balaban J connectivity index is 1.65. The molecule has 0 radical (unpaired) electrons. The zero-order valence-corrected chi connectivity index (χ0v) is 16.0. The molecule has 2 atom stereocenters. The summed E-state index contributed by atoms with van der Waals surface area (Å²) in [5.41, 5.74) is 2.29. The van der Waals surface area contributed by atoms with Crippen LogP contribution < -0.4 is 10.6 Å². The van der Waals surface area contributed by atoms with E-state index in [4.69, 9.17) is 0 Å². The van der Waals surface area contributed by atoms with Gasteiger partial charge in [0.05, 0.1) is 17.6 Å². The van der Waals surface area contributed by atoms with Crippen molar-refractivity contribution in [1.82, 2.24) is 10.6 Å². The molecule has 1 saturated heterocycles. The zero-order valence-electron chi connectivity index (χ0n) is 16.0. The monoisotopic (exact) mass is 364 g/mol. The lowest BCUT2D eigenvalue weighted by molar-refractivity contribution is -0.127. The molecule has 2 aromatic carbocycles. The number of nitrogens with one attached hydrogen (secondary N) is 2. The van der Waals surface area contributed by atoms with E-state index in [2.05, 4.69) is 22.8 Å². The summed E-state index contributed by atoms with van der Waals surface area (Å²) in [5.74, 6) is -0.0569. The molecule has 1 aliphatic carbocycles. The maximum atomic E-state index is 13.2. The molecule has 4 heteroatoms. The molecule has 1 fully saturated rings. The molecule has 1 aliphatic heterocycles. The predicted molar refractivity (Wildman–Crippen MR) is 107 cm³/mol. The number of carbonyl (C=O) groups is 1. The number of fused-ring (bicyclic) bond motifs is 2. The summed E-state index contributed by atoms with van der Waals surface area (Å²) in [5, 5.41) is 17.9. The van der Waals surface area contributed by atoms with Gasteiger partial charge in [-0.3, -0.25) is 4.79 Å². The molecular weight excluding hydrogens is 336 g/mol. The van der Waals surface area contributed by atoms with Crippen LogP contribution in [0.4, 0.5) is 0 Å². The lowest BCUT2D eigenvalue weighted by Crippen LogP contribution is -2.50. The van der Waals surface area contributed by atoms with Gasteiger partial charge >= 0.3 is 0 Å². The van der Waals surface area contributed by atoms with E-state index in [1.807, 2.05) is 56.3 Å². The van der Waals surface area contributed by atoms with Crippen molar-refractivity contribution in [3.63, 3.8) is 0 Å². The highest BCUT2D eigenvalue weighted by atomic mass is 16.3. The summed E-state index contributed by atoms with van der Waals surface area (Å²) in [6, 6.07) is 17.7. The van der Waals surface area contributed by atoms with Crippen LogP contribution in [0.5, 0.6) is 0 Å². The molecule has 2 aromatic rings. The molecule has 0 aromatic heterocycles. The summed E-state index contributed by atoms with van der Waals surface area (Å²) in [4.78, 5) is 13.2. The Labute approximate surface area is 161 Å². The van der Waals surface area contributed by atoms with Gasteiger partial charge in [-0.15, -0.1) is 0 Å². The van der Waals surface area contributed by atoms with Crippen LogP contribution in [0, 0.1) is 0 Å². The van der Waals surface area contributed by atoms with Gasteiger partial charge in [0.1, 0.15) is 0 Å². The van der Waals surface area contributed by atoms with E-state index in [-0.39, 0.29) is 17.4 Å². The van der Waals surface area contributed by atoms with Crippen LogP contribution in [0.25, 0.3) is 0 Å². The largest absolute Gasteiger partial charge is 0.390 e. The number of amides is 1. The fraction of sp³-hybridized carbons (Fsp3) is 0.435. The quantitative estimate of drug-likeness (QED) is 0.785. The van der Waals surface area contributed by atoms with Gasteiger partial charge < -0.3 is 15.7 Å². The number of rotatable bonds is 3. The number of aliphatic hydroxyl groups excluding tert-OH is 1. The third kappa shape index (κ3) is 2.88. The fourth-order valence-corrected chi connectivity index (χ4v) is 4.77. The molecule has 4 nitrogen and oxygen atoms in total. The first-order chi connectivity index (χ1) is 13.0. The van der Waals surface area contributed by atoms with Gasteiger partial charge in [0.2, 0.25) is 5.91 Å². The Kier molecular flexibility index (Phi) is 4.57. The minimum Gasteiger partial charge on any atom is -0.390 e. The summed E-state index contributed by atoms with van der Waals surface area (Å²) in [6.07, 6.45) is 1.17. The van der Waals surface area contributed by atoms with Crippen LogP contribution in [0.2, 0.25) is 0 Å². The van der Waals surface area contributed by atoms with Crippen molar-refractivity contribution in [2.45, 2.75) is 49.7 Å². The van der Waals surface area contributed by atoms with Gasteiger partial charge in [0.25, 0.3) is 0 Å². The van der Waals surface area contributed by atoms with Gasteiger partial charge in [-0.05, 0) is 56.5 Å². The average molecular weight is 364 g/mol. The van der Waals surface area contributed by atoms with Crippen molar-refractivity contribution in [3.8, 4) is 0 Å². The van der Waals surface area contributed by atoms with Gasteiger partial charge in [0, 0.05) is 5.41 Å². The van der Waals surface area contributed by atoms with Crippen molar-refractivity contribution in [3.05, 3.63) is 71.3 Å². The number of piperidine rings is 1. The molecule has 3 N–H and O–H groups in total. The standard InChI is InChI=1S/C23H28N2O2/c1-22(2,16-8-4-3-5-9-16)21(27)25-19-17-10-6-7-11-18(17)23(20(19)26)12-14-24-15-13-23/h3-11,19-20,24,26H,12-15H2,1-2H3,(H,25,27)/t19-,20+/m0/s1. The maximum absolute atomic E-state index is 13.2. The Morgan fingerprint density at radius 1 is 1.07 bits per heavy atom. The highest BCUT2D eigenvalue weighted by molar-refractivity contribution is 5.88. The molecule has 1 amide bonds. The highest BCUT2D eigenvalue weighted by Crippen LogP contribution is 2.50. The van der Waals surface area contributed by atoms with Gasteiger partial charge in [-0.2, -0.15) is 0 Å². The molecule has 27 heavy (non-hydrogen) atoms. The number of hydrogen-bond donors (Lipinski definition) is 3. The van der Waals surface area contributed by atoms with Crippen molar-refractivity contribution in [1.29, 1.82) is 0 Å². The topological polar surface area (TPSA) is 61.4 Å². The van der Waals surface area contributed by atoms with Crippen molar-refractivity contribution < 1.29 is 9.90 Å². The lowest BCUT2D eigenvalue weighted by atomic mass is 9.72. The van der Waals surface area contributed by atoms with E-state index >= 15 is 0 Å². The minimum atomic E-state index is -0.667. The second-order valence-corrected chi connectivity index (χ2v) is 8.38. The Morgan fingerprint density at radius 2 is 1.70 bits per heavy atom. The molecule has 142 valence electrons. The third-order valence-electron chi connectivity index (χ3n) is 6.56. The third-order valence-corrected chi connectivity index (χ3v) is 6.56. The van der Waals surface area contributed by atoms with Crippen LogP contribution in [0.1, 0.15) is 49.4 Å². The highest BCUT2D eigenvalue weighted by Gasteiger charge is 2.52. The van der Waals surface area contributed by atoms with Crippen LogP contribution in [0.3, 0.4) is 0 Å². The molecule has 0 unspecified atom stereocenters. The van der Waals surface area contributed by atoms with Crippen LogP contribution in [-0.4, -0.2) is 30.2 Å². The van der Waals surface area contributed by atoms with Crippen LogP contribution >= 0.6 is 0 Å². The van der Waals surface area contributed by atoms with E-state index in [9.17, 15) is 9.90 Å². The molecular formula is C23H28N2O2. The van der Waals surface area contributed by atoms with Crippen molar-refractivity contribution >= 4 is 5.91 Å². The SMILES string of the molecule is CC(C)(C(=O)N[C@H]1c2ccccc2C2(CCNCC2)[C@@H]1O)c1ccccc1. The van der Waals surface area contributed by atoms with E-state index in [1.54, 1.807) is 0 Å². The second kappa shape index (κ2) is 6.77. The summed E-state index contributed by atoms with van der Waals surface area (Å²) in [6.45, 7) is 5.65. The normalized spacial score (nSPS) is 23.8. The smallest absolute Gasteiger partial charge is 0.230 e. The Morgan fingerprint density at radius 3 is 2.41 bits per heavy atom. The maximum Gasteiger partial charge on any atom is 0.230 e. The Bertz CT molecular complexity index is 825. The van der Waals surface area contributed by atoms with E-state index < -0.39 is 11.5 Å². The molecule has 0 bridgehead atoms. The van der Waals surface area contributed by atoms with Crippen LogP contribution in [0.15, 0.2) is 54.6 Å². The molecule has 2 aliphatic rings. The second-order valence-electron chi connectivity index (χ2n) is 8.38. The first-order valence-corrected chi connectivity index (χ1v) is 9.81. The number of hydrogen-bond acceptors (Lipinski definition) is 3. The van der Waals surface area contributed by atoms with Crippen molar-refractivity contribution in [2.75, 3.05) is 13.1 Å². The van der Waals surface area contributed by atoms with Crippen LogP contribution in [-0.2, 0) is 15.6 Å².